The number of halogens is 3. The Morgan fingerprint density at radius 2 is 2.10 bits per heavy atom. The number of pyridine rings is 1. The van der Waals surface area contributed by atoms with Gasteiger partial charge in [-0.1, -0.05) is 0 Å². The van der Waals surface area contributed by atoms with E-state index in [4.69, 9.17) is 0 Å². The Kier molecular flexibility index (Phi) is 4.60. The molecule has 1 aromatic heterocycles. The van der Waals surface area contributed by atoms with Crippen molar-refractivity contribution in [1.82, 2.24) is 9.71 Å². The lowest BCUT2D eigenvalue weighted by Crippen LogP contribution is -2.38. The third-order valence-corrected chi connectivity index (χ3v) is 5.54. The molecule has 1 aliphatic rings. The number of aromatic nitrogens is 1. The minimum Gasteiger partial charge on any atom is -0.250 e. The number of hydrogen-bond donors (Lipinski definition) is 1. The first-order valence-corrected chi connectivity index (χ1v) is 8.56. The lowest BCUT2D eigenvalue weighted by molar-refractivity contribution is -0.141. The highest BCUT2D eigenvalue weighted by molar-refractivity contribution is 7.99. The van der Waals surface area contributed by atoms with Gasteiger partial charge in [-0.3, -0.25) is 4.98 Å². The van der Waals surface area contributed by atoms with Gasteiger partial charge in [0, 0.05) is 18.0 Å². The molecule has 0 saturated carbocycles. The van der Waals surface area contributed by atoms with Gasteiger partial charge in [0.2, 0.25) is 10.0 Å². The van der Waals surface area contributed by atoms with E-state index in [1.54, 1.807) is 11.8 Å². The third kappa shape index (κ3) is 3.86. The summed E-state index contributed by atoms with van der Waals surface area (Å²) in [6, 6.07) is 1.42. The number of nitrogens with zero attached hydrogens (tertiary/aromatic N) is 1. The Balaban J connectivity index is 2.13. The molecule has 0 spiro atoms. The van der Waals surface area contributed by atoms with Crippen LogP contribution in [0.4, 0.5) is 13.2 Å². The monoisotopic (exact) mass is 326 g/mol. The Bertz CT molecular complexity index is 552. The molecule has 0 amide bonds. The first-order valence-electron chi connectivity index (χ1n) is 5.92. The molecule has 1 N–H and O–H groups in total. The van der Waals surface area contributed by atoms with Crippen molar-refractivity contribution in [2.75, 3.05) is 11.5 Å². The third-order valence-electron chi connectivity index (χ3n) is 2.82. The Morgan fingerprint density at radius 3 is 2.60 bits per heavy atom. The summed E-state index contributed by atoms with van der Waals surface area (Å²) in [5.41, 5.74) is -1.11. The van der Waals surface area contributed by atoms with Crippen LogP contribution in [0.15, 0.2) is 23.2 Å². The fourth-order valence-electron chi connectivity index (χ4n) is 1.83. The zero-order valence-corrected chi connectivity index (χ0v) is 12.0. The van der Waals surface area contributed by atoms with E-state index in [1.807, 2.05) is 0 Å². The molecule has 2 rings (SSSR count). The number of thioether (sulfide) groups is 1. The number of nitrogens with one attached hydrogen (secondary N) is 1. The van der Waals surface area contributed by atoms with Gasteiger partial charge in [0.15, 0.2) is 0 Å². The first kappa shape index (κ1) is 15.6. The Morgan fingerprint density at radius 1 is 1.35 bits per heavy atom. The molecule has 0 aliphatic carbocycles. The highest BCUT2D eigenvalue weighted by Gasteiger charge is 2.32. The predicted octanol–water partition coefficient (Wildman–Crippen LogP) is 2.27. The summed E-state index contributed by atoms with van der Waals surface area (Å²) in [7, 11) is -3.82. The van der Waals surface area contributed by atoms with E-state index in [-0.39, 0.29) is 10.9 Å². The van der Waals surface area contributed by atoms with Crippen LogP contribution in [0.25, 0.3) is 0 Å². The van der Waals surface area contributed by atoms with Crippen molar-refractivity contribution in [3.05, 3.63) is 24.0 Å². The maximum absolute atomic E-state index is 12.4. The molecule has 0 radical (unpaired) electrons. The molecule has 0 bridgehead atoms. The van der Waals surface area contributed by atoms with E-state index < -0.39 is 21.9 Å². The highest BCUT2D eigenvalue weighted by atomic mass is 32.2. The van der Waals surface area contributed by atoms with E-state index in [2.05, 4.69) is 9.71 Å². The minimum atomic E-state index is -4.57. The lowest BCUT2D eigenvalue weighted by atomic mass is 10.2. The van der Waals surface area contributed by atoms with Crippen molar-refractivity contribution in [1.29, 1.82) is 0 Å². The average Bonchev–Trinajstić information content (AvgIpc) is 2.38. The smallest absolute Gasteiger partial charge is 0.250 e. The minimum absolute atomic E-state index is 0.180. The van der Waals surface area contributed by atoms with Crippen LogP contribution in [0.3, 0.4) is 0 Å². The molecular formula is C11H13F3N2O2S2. The predicted molar refractivity (Wildman–Crippen MR) is 69.9 cm³/mol. The summed E-state index contributed by atoms with van der Waals surface area (Å²) in [6.07, 6.45) is -2.18. The van der Waals surface area contributed by atoms with Crippen LogP contribution in [0.1, 0.15) is 18.5 Å². The summed E-state index contributed by atoms with van der Waals surface area (Å²) in [5, 5.41) is 0. The fourth-order valence-corrected chi connectivity index (χ4v) is 4.22. The van der Waals surface area contributed by atoms with E-state index in [1.165, 1.54) is 0 Å². The van der Waals surface area contributed by atoms with E-state index in [0.29, 0.717) is 11.8 Å². The maximum atomic E-state index is 12.4. The van der Waals surface area contributed by atoms with Crippen molar-refractivity contribution < 1.29 is 21.6 Å². The molecule has 0 unspecified atom stereocenters. The number of rotatable bonds is 3. The van der Waals surface area contributed by atoms with Crippen molar-refractivity contribution in [2.24, 2.45) is 0 Å². The molecule has 112 valence electrons. The highest BCUT2D eigenvalue weighted by Crippen LogP contribution is 2.28. The van der Waals surface area contributed by atoms with Crippen LogP contribution in [-0.4, -0.2) is 30.9 Å². The van der Waals surface area contributed by atoms with Crippen LogP contribution in [0.2, 0.25) is 0 Å². The number of alkyl halides is 3. The van der Waals surface area contributed by atoms with Gasteiger partial charge in [-0.25, -0.2) is 13.1 Å². The molecule has 1 fully saturated rings. The molecule has 0 aromatic carbocycles. The van der Waals surface area contributed by atoms with Crippen LogP contribution >= 0.6 is 11.8 Å². The molecule has 1 aliphatic heterocycles. The number of sulfonamides is 1. The summed E-state index contributed by atoms with van der Waals surface area (Å²) >= 11 is 1.65. The second-order valence-corrected chi connectivity index (χ2v) is 7.28. The fraction of sp³-hybridized carbons (Fsp3) is 0.545. The van der Waals surface area contributed by atoms with Crippen LogP contribution in [0, 0.1) is 0 Å². The largest absolute Gasteiger partial charge is 0.433 e. The SMILES string of the molecule is O=S(=O)(N[C@@H]1CCCSC1)c1ccc(C(F)(F)F)nc1. The maximum Gasteiger partial charge on any atom is 0.433 e. The first-order chi connectivity index (χ1) is 9.29. The van der Waals surface area contributed by atoms with Crippen LogP contribution in [0.5, 0.6) is 0 Å². The van der Waals surface area contributed by atoms with Gasteiger partial charge in [-0.2, -0.15) is 24.9 Å². The zero-order chi connectivity index (χ0) is 14.8. The van der Waals surface area contributed by atoms with Crippen LogP contribution < -0.4 is 4.72 Å². The Labute approximate surface area is 119 Å². The van der Waals surface area contributed by atoms with Gasteiger partial charge in [0.1, 0.15) is 10.6 Å². The van der Waals surface area contributed by atoms with E-state index in [9.17, 15) is 21.6 Å². The summed E-state index contributed by atoms with van der Waals surface area (Å²) < 4.78 is 63.6. The van der Waals surface area contributed by atoms with Crippen LogP contribution in [-0.2, 0) is 16.2 Å². The Hall–Kier alpha value is -0.800. The molecule has 2 heterocycles. The quantitative estimate of drug-likeness (QED) is 0.926. The normalized spacial score (nSPS) is 20.9. The summed E-state index contributed by atoms with van der Waals surface area (Å²) in [6.45, 7) is 0. The summed E-state index contributed by atoms with van der Waals surface area (Å²) in [5.74, 6) is 1.67. The van der Waals surface area contributed by atoms with Gasteiger partial charge in [0.05, 0.1) is 0 Å². The van der Waals surface area contributed by atoms with Gasteiger partial charge in [-0.05, 0) is 30.7 Å². The summed E-state index contributed by atoms with van der Waals surface area (Å²) in [4.78, 5) is 2.91. The molecule has 4 nitrogen and oxygen atoms in total. The van der Waals surface area contributed by atoms with Gasteiger partial charge >= 0.3 is 6.18 Å². The zero-order valence-electron chi connectivity index (χ0n) is 10.4. The second kappa shape index (κ2) is 5.90. The topological polar surface area (TPSA) is 59.1 Å². The molecule has 9 heteroatoms. The van der Waals surface area contributed by atoms with Gasteiger partial charge in [-0.15, -0.1) is 0 Å². The average molecular weight is 326 g/mol. The standard InChI is InChI=1S/C11H13F3N2O2S2/c12-11(13,14)10-4-3-9(6-15-10)20(17,18)16-8-2-1-5-19-7-8/h3-4,6,8,16H,1-2,5,7H2/t8-/m1/s1. The molecule has 1 aromatic rings. The van der Waals surface area contributed by atoms with Crippen molar-refractivity contribution >= 4 is 21.8 Å². The lowest BCUT2D eigenvalue weighted by Gasteiger charge is -2.22. The van der Waals surface area contributed by atoms with Crippen molar-refractivity contribution in [3.63, 3.8) is 0 Å². The molecule has 1 atom stereocenters. The van der Waals surface area contributed by atoms with Crippen molar-refractivity contribution in [3.8, 4) is 0 Å². The van der Waals surface area contributed by atoms with E-state index in [0.717, 1.165) is 30.9 Å². The van der Waals surface area contributed by atoms with Gasteiger partial charge < -0.3 is 0 Å². The molecule has 1 saturated heterocycles. The van der Waals surface area contributed by atoms with E-state index >= 15 is 0 Å². The molecular weight excluding hydrogens is 313 g/mol. The van der Waals surface area contributed by atoms with Crippen molar-refractivity contribution in [2.45, 2.75) is 30.0 Å². The van der Waals surface area contributed by atoms with Gasteiger partial charge in [0.25, 0.3) is 0 Å². The number of hydrogen-bond acceptors (Lipinski definition) is 4. The second-order valence-electron chi connectivity index (χ2n) is 4.41. The molecule has 20 heavy (non-hydrogen) atoms.